The zero-order chi connectivity index (χ0) is 13.7. The van der Waals surface area contributed by atoms with Gasteiger partial charge in [0, 0.05) is 25.0 Å². The summed E-state index contributed by atoms with van der Waals surface area (Å²) in [6, 6.07) is 0.485. The molecule has 0 aliphatic carbocycles. The Labute approximate surface area is 111 Å². The summed E-state index contributed by atoms with van der Waals surface area (Å²) in [5.74, 6) is 1.79. The zero-order valence-electron chi connectivity index (χ0n) is 12.4. The standard InChI is InChI=1S/C14H26N4/c1-10(2)12-7-15-14(16-8-12)17-9-13(11(3)4)18(5)6/h7-8,10-11,13H,9H2,1-6H3,(H,15,16,17)/t13-/m0/s1. The van der Waals surface area contributed by atoms with Crippen LogP contribution in [-0.4, -0.2) is 41.5 Å². The van der Waals surface area contributed by atoms with E-state index in [4.69, 9.17) is 0 Å². The van der Waals surface area contributed by atoms with Gasteiger partial charge in [0.2, 0.25) is 5.95 Å². The summed E-state index contributed by atoms with van der Waals surface area (Å²) in [6.45, 7) is 9.62. The maximum Gasteiger partial charge on any atom is 0.222 e. The minimum Gasteiger partial charge on any atom is -0.353 e. The molecule has 1 aromatic heterocycles. The van der Waals surface area contributed by atoms with Crippen molar-refractivity contribution >= 4 is 5.95 Å². The largest absolute Gasteiger partial charge is 0.353 e. The summed E-state index contributed by atoms with van der Waals surface area (Å²) in [4.78, 5) is 10.9. The van der Waals surface area contributed by atoms with Crippen molar-refractivity contribution in [1.82, 2.24) is 14.9 Å². The van der Waals surface area contributed by atoms with Crippen LogP contribution in [0.5, 0.6) is 0 Å². The molecule has 0 aromatic carbocycles. The minimum absolute atomic E-state index is 0.476. The van der Waals surface area contributed by atoms with Gasteiger partial charge in [-0.05, 0) is 31.5 Å². The summed E-state index contributed by atoms with van der Waals surface area (Å²) in [6.07, 6.45) is 3.81. The van der Waals surface area contributed by atoms with E-state index in [1.807, 2.05) is 12.4 Å². The Balaban J connectivity index is 2.57. The van der Waals surface area contributed by atoms with Crippen molar-refractivity contribution in [2.75, 3.05) is 26.0 Å². The lowest BCUT2D eigenvalue weighted by Gasteiger charge is -2.28. The van der Waals surface area contributed by atoms with E-state index in [1.54, 1.807) is 0 Å². The van der Waals surface area contributed by atoms with E-state index < -0.39 is 0 Å². The quantitative estimate of drug-likeness (QED) is 0.842. The zero-order valence-corrected chi connectivity index (χ0v) is 12.4. The van der Waals surface area contributed by atoms with E-state index in [-0.39, 0.29) is 0 Å². The van der Waals surface area contributed by atoms with E-state index in [0.717, 1.165) is 6.54 Å². The Kier molecular flexibility index (Phi) is 5.54. The van der Waals surface area contributed by atoms with Gasteiger partial charge in [0.15, 0.2) is 0 Å². The van der Waals surface area contributed by atoms with Crippen LogP contribution in [0.2, 0.25) is 0 Å². The molecule has 1 heterocycles. The summed E-state index contributed by atoms with van der Waals surface area (Å²) < 4.78 is 0. The van der Waals surface area contributed by atoms with Crippen molar-refractivity contribution in [2.24, 2.45) is 5.92 Å². The molecule has 0 unspecified atom stereocenters. The summed E-state index contributed by atoms with van der Waals surface area (Å²) in [5, 5.41) is 3.31. The van der Waals surface area contributed by atoms with Gasteiger partial charge in [-0.2, -0.15) is 0 Å². The molecule has 1 rings (SSSR count). The van der Waals surface area contributed by atoms with E-state index in [2.05, 4.69) is 62.0 Å². The average Bonchev–Trinajstić information content (AvgIpc) is 2.28. The molecule has 0 saturated heterocycles. The van der Waals surface area contributed by atoms with E-state index in [1.165, 1.54) is 5.56 Å². The minimum atomic E-state index is 0.476. The first-order valence-corrected chi connectivity index (χ1v) is 6.64. The van der Waals surface area contributed by atoms with Gasteiger partial charge in [-0.1, -0.05) is 27.7 Å². The van der Waals surface area contributed by atoms with Crippen molar-refractivity contribution in [3.05, 3.63) is 18.0 Å². The molecule has 0 saturated carbocycles. The Hall–Kier alpha value is -1.16. The van der Waals surface area contributed by atoms with Gasteiger partial charge in [-0.15, -0.1) is 0 Å². The fraction of sp³-hybridized carbons (Fsp3) is 0.714. The number of anilines is 1. The molecule has 0 fully saturated rings. The predicted octanol–water partition coefficient (Wildman–Crippen LogP) is 2.60. The van der Waals surface area contributed by atoms with Crippen LogP contribution in [0.3, 0.4) is 0 Å². The number of hydrogen-bond donors (Lipinski definition) is 1. The first-order chi connectivity index (χ1) is 8.41. The number of rotatable bonds is 6. The second kappa shape index (κ2) is 6.69. The first-order valence-electron chi connectivity index (χ1n) is 6.64. The molecule has 0 aliphatic heterocycles. The molecule has 102 valence electrons. The molecule has 1 atom stereocenters. The molecule has 4 nitrogen and oxygen atoms in total. The number of likely N-dealkylation sites (N-methyl/N-ethyl adjacent to an activating group) is 1. The summed E-state index contributed by atoms with van der Waals surface area (Å²) in [7, 11) is 4.21. The second-order valence-electron chi connectivity index (χ2n) is 5.65. The maximum atomic E-state index is 4.35. The van der Waals surface area contributed by atoms with Gasteiger partial charge >= 0.3 is 0 Å². The molecule has 1 N–H and O–H groups in total. The average molecular weight is 250 g/mol. The Morgan fingerprint density at radius 2 is 1.67 bits per heavy atom. The van der Waals surface area contributed by atoms with Crippen molar-refractivity contribution in [3.8, 4) is 0 Å². The predicted molar refractivity (Wildman–Crippen MR) is 76.9 cm³/mol. The van der Waals surface area contributed by atoms with Crippen molar-refractivity contribution in [1.29, 1.82) is 0 Å². The van der Waals surface area contributed by atoms with Crippen molar-refractivity contribution in [3.63, 3.8) is 0 Å². The van der Waals surface area contributed by atoms with Crippen LogP contribution in [0, 0.1) is 5.92 Å². The summed E-state index contributed by atoms with van der Waals surface area (Å²) >= 11 is 0. The number of nitrogens with zero attached hydrogens (tertiary/aromatic N) is 3. The molecule has 0 bridgehead atoms. The fourth-order valence-electron chi connectivity index (χ4n) is 1.94. The van der Waals surface area contributed by atoms with Gasteiger partial charge in [0.1, 0.15) is 0 Å². The van der Waals surface area contributed by atoms with Crippen LogP contribution >= 0.6 is 0 Å². The van der Waals surface area contributed by atoms with Gasteiger partial charge in [0.25, 0.3) is 0 Å². The molecule has 18 heavy (non-hydrogen) atoms. The lowest BCUT2D eigenvalue weighted by molar-refractivity contribution is 0.243. The van der Waals surface area contributed by atoms with Crippen LogP contribution in [0.4, 0.5) is 5.95 Å². The lowest BCUT2D eigenvalue weighted by atomic mass is 10.0. The highest BCUT2D eigenvalue weighted by Crippen LogP contribution is 2.13. The molecular weight excluding hydrogens is 224 g/mol. The van der Waals surface area contributed by atoms with E-state index >= 15 is 0 Å². The lowest BCUT2D eigenvalue weighted by Crippen LogP contribution is -2.38. The normalized spacial score (nSPS) is 13.4. The highest BCUT2D eigenvalue weighted by atomic mass is 15.2. The summed E-state index contributed by atoms with van der Waals surface area (Å²) in [5.41, 5.74) is 1.17. The highest BCUT2D eigenvalue weighted by Gasteiger charge is 2.15. The Morgan fingerprint density at radius 1 is 1.11 bits per heavy atom. The molecule has 0 radical (unpaired) electrons. The van der Waals surface area contributed by atoms with Crippen LogP contribution in [0.25, 0.3) is 0 Å². The monoisotopic (exact) mass is 250 g/mol. The van der Waals surface area contributed by atoms with Crippen molar-refractivity contribution in [2.45, 2.75) is 39.7 Å². The van der Waals surface area contributed by atoms with Crippen LogP contribution in [-0.2, 0) is 0 Å². The smallest absolute Gasteiger partial charge is 0.222 e. The first kappa shape index (κ1) is 14.9. The number of nitrogens with one attached hydrogen (secondary N) is 1. The second-order valence-corrected chi connectivity index (χ2v) is 5.65. The third-order valence-corrected chi connectivity index (χ3v) is 3.24. The molecule has 0 spiro atoms. The SMILES string of the molecule is CC(C)c1cnc(NC[C@@H](C(C)C)N(C)C)nc1. The maximum absolute atomic E-state index is 4.35. The third-order valence-electron chi connectivity index (χ3n) is 3.24. The molecule has 0 amide bonds. The van der Waals surface area contributed by atoms with Gasteiger partial charge < -0.3 is 10.2 Å². The van der Waals surface area contributed by atoms with Crippen LogP contribution in [0.15, 0.2) is 12.4 Å². The van der Waals surface area contributed by atoms with Gasteiger partial charge in [-0.25, -0.2) is 9.97 Å². The number of aromatic nitrogens is 2. The molecule has 4 heteroatoms. The van der Waals surface area contributed by atoms with E-state index in [0.29, 0.717) is 23.8 Å². The van der Waals surface area contributed by atoms with Gasteiger partial charge in [0.05, 0.1) is 0 Å². The Morgan fingerprint density at radius 3 is 2.06 bits per heavy atom. The highest BCUT2D eigenvalue weighted by molar-refractivity contribution is 5.26. The fourth-order valence-corrected chi connectivity index (χ4v) is 1.94. The van der Waals surface area contributed by atoms with Crippen molar-refractivity contribution < 1.29 is 0 Å². The van der Waals surface area contributed by atoms with Crippen LogP contribution in [0.1, 0.15) is 39.2 Å². The molecular formula is C14H26N4. The van der Waals surface area contributed by atoms with Crippen LogP contribution < -0.4 is 5.32 Å². The topological polar surface area (TPSA) is 41.1 Å². The molecule has 0 aliphatic rings. The number of hydrogen-bond acceptors (Lipinski definition) is 4. The molecule has 1 aromatic rings. The van der Waals surface area contributed by atoms with E-state index in [9.17, 15) is 0 Å². The third kappa shape index (κ3) is 4.26. The Bertz CT molecular complexity index is 335. The van der Waals surface area contributed by atoms with Gasteiger partial charge in [-0.3, -0.25) is 0 Å².